The van der Waals surface area contributed by atoms with Gasteiger partial charge in [0, 0.05) is 42.9 Å². The smallest absolute Gasteiger partial charge is 0.283 e. The molecule has 0 saturated carbocycles. The van der Waals surface area contributed by atoms with Crippen LogP contribution in [0.2, 0.25) is 0 Å². The van der Waals surface area contributed by atoms with Crippen molar-refractivity contribution < 1.29 is 19.1 Å². The number of benzene rings is 2. The molecule has 1 heterocycles. The van der Waals surface area contributed by atoms with Gasteiger partial charge < -0.3 is 9.32 Å². The summed E-state index contributed by atoms with van der Waals surface area (Å²) in [6.45, 7) is 5.21. The summed E-state index contributed by atoms with van der Waals surface area (Å²) in [5.41, 5.74) is 2.18. The summed E-state index contributed by atoms with van der Waals surface area (Å²) in [5, 5.41) is 26.2. The SMILES string of the molecule is CCN(CC)c1oc(/C=N\NC(=O)c2cccc([N+](=O)[O-])c2)cc1Sc1ccccc1[N+](=O)[O-]. The second-order valence-corrected chi connectivity index (χ2v) is 7.91. The lowest BCUT2D eigenvalue weighted by molar-refractivity contribution is -0.387. The molecule has 0 aliphatic carbocycles. The van der Waals surface area contributed by atoms with Crippen molar-refractivity contribution >= 4 is 41.1 Å². The van der Waals surface area contributed by atoms with E-state index in [1.165, 1.54) is 42.2 Å². The Morgan fingerprint density at radius 2 is 1.79 bits per heavy atom. The first kappa shape index (κ1) is 24.5. The van der Waals surface area contributed by atoms with E-state index in [-0.39, 0.29) is 16.9 Å². The molecule has 1 N–H and O–H groups in total. The topological polar surface area (TPSA) is 144 Å². The molecule has 3 rings (SSSR count). The number of hydrogen-bond acceptors (Lipinski definition) is 9. The number of hydrogen-bond donors (Lipinski definition) is 1. The first-order valence-corrected chi connectivity index (χ1v) is 11.0. The summed E-state index contributed by atoms with van der Waals surface area (Å²) in [7, 11) is 0. The van der Waals surface area contributed by atoms with Gasteiger partial charge >= 0.3 is 0 Å². The number of hydrazone groups is 1. The van der Waals surface area contributed by atoms with E-state index in [9.17, 15) is 25.0 Å². The average Bonchev–Trinajstić information content (AvgIpc) is 3.22. The van der Waals surface area contributed by atoms with E-state index in [1.807, 2.05) is 18.7 Å². The van der Waals surface area contributed by atoms with Crippen LogP contribution >= 0.6 is 11.8 Å². The lowest BCUT2D eigenvalue weighted by Gasteiger charge is -2.18. The zero-order valence-corrected chi connectivity index (χ0v) is 19.2. The Balaban J connectivity index is 1.83. The second kappa shape index (κ2) is 11.1. The number of amides is 1. The Bertz CT molecular complexity index is 1240. The maximum atomic E-state index is 12.3. The molecule has 1 aromatic heterocycles. The van der Waals surface area contributed by atoms with Gasteiger partial charge in [-0.3, -0.25) is 25.0 Å². The predicted octanol–water partition coefficient (Wildman–Crippen LogP) is 4.86. The first-order chi connectivity index (χ1) is 16.3. The van der Waals surface area contributed by atoms with Crippen molar-refractivity contribution in [3.63, 3.8) is 0 Å². The highest BCUT2D eigenvalue weighted by Gasteiger charge is 2.21. The third-order valence-corrected chi connectivity index (χ3v) is 5.79. The van der Waals surface area contributed by atoms with Gasteiger partial charge in [0.25, 0.3) is 17.3 Å². The van der Waals surface area contributed by atoms with Crippen LogP contribution in [0.5, 0.6) is 0 Å². The molecule has 176 valence electrons. The molecule has 0 saturated heterocycles. The quantitative estimate of drug-likeness (QED) is 0.245. The van der Waals surface area contributed by atoms with Gasteiger partial charge in [-0.15, -0.1) is 0 Å². The van der Waals surface area contributed by atoms with Gasteiger partial charge in [-0.1, -0.05) is 30.0 Å². The molecule has 2 aromatic carbocycles. The highest BCUT2D eigenvalue weighted by Crippen LogP contribution is 2.41. The summed E-state index contributed by atoms with van der Waals surface area (Å²) in [4.78, 5) is 36.6. The lowest BCUT2D eigenvalue weighted by Crippen LogP contribution is -2.21. The number of para-hydroxylation sites is 1. The number of nitro groups is 2. The monoisotopic (exact) mass is 483 g/mol. The molecule has 0 aliphatic rings. The molecule has 11 nitrogen and oxygen atoms in total. The van der Waals surface area contributed by atoms with Crippen molar-refractivity contribution in [1.29, 1.82) is 0 Å². The molecule has 0 atom stereocenters. The maximum Gasteiger partial charge on any atom is 0.283 e. The van der Waals surface area contributed by atoms with E-state index >= 15 is 0 Å². The molecule has 34 heavy (non-hydrogen) atoms. The third kappa shape index (κ3) is 5.78. The van der Waals surface area contributed by atoms with Crippen molar-refractivity contribution in [2.45, 2.75) is 23.6 Å². The van der Waals surface area contributed by atoms with E-state index in [0.29, 0.717) is 34.5 Å². The molecule has 0 radical (unpaired) electrons. The summed E-state index contributed by atoms with van der Waals surface area (Å²) < 4.78 is 5.91. The van der Waals surface area contributed by atoms with Crippen molar-refractivity contribution in [1.82, 2.24) is 5.43 Å². The van der Waals surface area contributed by atoms with Crippen molar-refractivity contribution in [3.8, 4) is 0 Å². The molecule has 12 heteroatoms. The number of carbonyl (C=O) groups excluding carboxylic acids is 1. The number of nitrogens with zero attached hydrogens (tertiary/aromatic N) is 4. The Morgan fingerprint density at radius 1 is 1.06 bits per heavy atom. The standard InChI is InChI=1S/C22H21N5O6S/c1-3-25(4-2)22-20(34-19-11-6-5-10-18(19)27(31)32)13-17(33-22)14-23-24-21(28)15-8-7-9-16(12-15)26(29)30/h5-14H,3-4H2,1-2H3,(H,24,28)/b23-14-. The Kier molecular flexibility index (Phi) is 7.98. The van der Waals surface area contributed by atoms with Crippen LogP contribution in [-0.2, 0) is 0 Å². The van der Waals surface area contributed by atoms with Crippen molar-refractivity contribution in [2.75, 3.05) is 18.0 Å². The molecular weight excluding hydrogens is 462 g/mol. The first-order valence-electron chi connectivity index (χ1n) is 10.2. The minimum Gasteiger partial charge on any atom is -0.438 e. The fourth-order valence-electron chi connectivity index (χ4n) is 3.04. The van der Waals surface area contributed by atoms with Gasteiger partial charge in [-0.25, -0.2) is 5.43 Å². The molecule has 0 fully saturated rings. The molecule has 1 amide bonds. The largest absolute Gasteiger partial charge is 0.438 e. The number of non-ortho nitro benzene ring substituents is 1. The van der Waals surface area contributed by atoms with Crippen LogP contribution in [0.25, 0.3) is 0 Å². The third-order valence-electron chi connectivity index (χ3n) is 4.71. The average molecular weight is 484 g/mol. The highest BCUT2D eigenvalue weighted by molar-refractivity contribution is 7.99. The van der Waals surface area contributed by atoms with E-state index < -0.39 is 15.8 Å². The Hall–Kier alpha value is -4.19. The molecule has 0 unspecified atom stereocenters. The molecule has 0 aliphatic heterocycles. The normalized spacial score (nSPS) is 10.9. The number of anilines is 1. The fourth-order valence-corrected chi connectivity index (χ4v) is 4.11. The Labute approximate surface area is 198 Å². The lowest BCUT2D eigenvalue weighted by atomic mass is 10.2. The van der Waals surface area contributed by atoms with Gasteiger partial charge in [0.2, 0.25) is 5.88 Å². The molecule has 0 bridgehead atoms. The number of carbonyl (C=O) groups is 1. The van der Waals surface area contributed by atoms with E-state index in [4.69, 9.17) is 4.42 Å². The van der Waals surface area contributed by atoms with Crippen LogP contribution in [-0.4, -0.2) is 35.1 Å². The zero-order valence-electron chi connectivity index (χ0n) is 18.3. The zero-order chi connectivity index (χ0) is 24.7. The van der Waals surface area contributed by atoms with Gasteiger partial charge in [0.05, 0.1) is 25.9 Å². The van der Waals surface area contributed by atoms with Gasteiger partial charge in [-0.2, -0.15) is 5.10 Å². The summed E-state index contributed by atoms with van der Waals surface area (Å²) in [5.74, 6) is 0.229. The van der Waals surface area contributed by atoms with Crippen LogP contribution in [0, 0.1) is 20.2 Å². The highest BCUT2D eigenvalue weighted by atomic mass is 32.2. The van der Waals surface area contributed by atoms with E-state index in [1.54, 1.807) is 24.3 Å². The van der Waals surface area contributed by atoms with Crippen LogP contribution in [0.1, 0.15) is 30.0 Å². The minimum absolute atomic E-state index is 0.0152. The minimum atomic E-state index is -0.620. The fraction of sp³-hybridized carbons (Fsp3) is 0.182. The van der Waals surface area contributed by atoms with E-state index in [2.05, 4.69) is 10.5 Å². The number of rotatable bonds is 10. The van der Waals surface area contributed by atoms with Gasteiger partial charge in [0.15, 0.2) is 5.76 Å². The summed E-state index contributed by atoms with van der Waals surface area (Å²) in [6, 6.07) is 13.4. The van der Waals surface area contributed by atoms with Crippen LogP contribution in [0.15, 0.2) is 73.9 Å². The maximum absolute atomic E-state index is 12.3. The van der Waals surface area contributed by atoms with Crippen molar-refractivity contribution in [3.05, 3.63) is 86.1 Å². The second-order valence-electron chi connectivity index (χ2n) is 6.82. The van der Waals surface area contributed by atoms with Crippen molar-refractivity contribution in [2.24, 2.45) is 5.10 Å². The molecule has 0 spiro atoms. The Morgan fingerprint density at radius 3 is 2.47 bits per heavy atom. The van der Waals surface area contributed by atoms with Gasteiger partial charge in [-0.05, 0) is 26.0 Å². The van der Waals surface area contributed by atoms with Gasteiger partial charge in [0.1, 0.15) is 0 Å². The number of nitrogens with one attached hydrogen (secondary N) is 1. The predicted molar refractivity (Wildman–Crippen MR) is 128 cm³/mol. The van der Waals surface area contributed by atoms with Crippen LogP contribution in [0.4, 0.5) is 17.3 Å². The summed E-state index contributed by atoms with van der Waals surface area (Å²) >= 11 is 1.20. The molecular formula is C22H21N5O6S. The summed E-state index contributed by atoms with van der Waals surface area (Å²) in [6.07, 6.45) is 1.30. The van der Waals surface area contributed by atoms with E-state index in [0.717, 1.165) is 6.07 Å². The number of nitro benzene ring substituents is 2. The molecule has 3 aromatic rings. The van der Waals surface area contributed by atoms with Crippen LogP contribution in [0.3, 0.4) is 0 Å². The van der Waals surface area contributed by atoms with Crippen LogP contribution < -0.4 is 10.3 Å². The number of furan rings is 1.